The monoisotopic (exact) mass is 301 g/mol. The Bertz CT molecular complexity index is 432. The number of rotatable bonds is 7. The van der Waals surface area contributed by atoms with Crippen LogP contribution in [0.5, 0.6) is 5.75 Å². The van der Waals surface area contributed by atoms with E-state index >= 15 is 0 Å². The van der Waals surface area contributed by atoms with Crippen LogP contribution in [0, 0.1) is 0 Å². The molecule has 0 aromatic heterocycles. The van der Waals surface area contributed by atoms with Crippen molar-refractivity contribution in [2.45, 2.75) is 33.2 Å². The third-order valence-corrected chi connectivity index (χ3v) is 3.47. The summed E-state index contributed by atoms with van der Waals surface area (Å²) in [6.07, 6.45) is 1.11. The minimum absolute atomic E-state index is 0.288. The van der Waals surface area contributed by atoms with E-state index in [0.717, 1.165) is 24.1 Å². The van der Waals surface area contributed by atoms with Gasteiger partial charge in [0.15, 0.2) is 0 Å². The van der Waals surface area contributed by atoms with Gasteiger partial charge in [0.2, 0.25) is 0 Å². The quantitative estimate of drug-likeness (QED) is 0.771. The standard InChI is InChI=1S/C15H21Cl2NO/c1-4-7-18-12(3)13-5-6-15(14(17)8-13)19-10-11(2)9-16/h5-6,8-9,12,18H,4,7,10H2,1-3H3/b11-9+. The maximum absolute atomic E-state index is 6.23. The molecule has 0 radical (unpaired) electrons. The minimum atomic E-state index is 0.288. The first kappa shape index (κ1) is 16.4. The third-order valence-electron chi connectivity index (χ3n) is 2.80. The number of halogens is 2. The van der Waals surface area contributed by atoms with Crippen molar-refractivity contribution < 1.29 is 4.74 Å². The molecule has 0 saturated carbocycles. The average molecular weight is 302 g/mol. The highest BCUT2D eigenvalue weighted by Gasteiger charge is 2.08. The molecular formula is C15H21Cl2NO. The molecule has 0 heterocycles. The fourth-order valence-electron chi connectivity index (χ4n) is 1.61. The Morgan fingerprint density at radius 1 is 1.47 bits per heavy atom. The Morgan fingerprint density at radius 3 is 2.79 bits per heavy atom. The molecule has 4 heteroatoms. The normalized spacial score (nSPS) is 13.4. The molecule has 19 heavy (non-hydrogen) atoms. The number of nitrogens with one attached hydrogen (secondary N) is 1. The first-order chi connectivity index (χ1) is 9.08. The van der Waals surface area contributed by atoms with E-state index in [2.05, 4.69) is 19.2 Å². The van der Waals surface area contributed by atoms with E-state index in [-0.39, 0.29) is 6.04 Å². The van der Waals surface area contributed by atoms with E-state index in [9.17, 15) is 0 Å². The van der Waals surface area contributed by atoms with Crippen LogP contribution in [-0.2, 0) is 0 Å². The van der Waals surface area contributed by atoms with Gasteiger partial charge in [-0.05, 0) is 50.1 Å². The van der Waals surface area contributed by atoms with Crippen molar-refractivity contribution in [1.82, 2.24) is 5.32 Å². The summed E-state index contributed by atoms with van der Waals surface area (Å²) >= 11 is 11.8. The summed E-state index contributed by atoms with van der Waals surface area (Å²) in [5.74, 6) is 0.686. The zero-order valence-electron chi connectivity index (χ0n) is 11.7. The summed E-state index contributed by atoms with van der Waals surface area (Å²) in [5, 5.41) is 4.06. The highest BCUT2D eigenvalue weighted by atomic mass is 35.5. The zero-order chi connectivity index (χ0) is 14.3. The second-order valence-corrected chi connectivity index (χ2v) is 5.24. The van der Waals surface area contributed by atoms with Crippen molar-refractivity contribution in [3.63, 3.8) is 0 Å². The SMILES string of the molecule is CCCNC(C)c1ccc(OC/C(C)=C/Cl)c(Cl)c1. The fraction of sp³-hybridized carbons (Fsp3) is 0.467. The molecule has 0 aliphatic rings. The first-order valence-corrected chi connectivity index (χ1v) is 7.31. The van der Waals surface area contributed by atoms with Crippen molar-refractivity contribution in [1.29, 1.82) is 0 Å². The molecule has 0 aliphatic carbocycles. The molecule has 2 nitrogen and oxygen atoms in total. The molecule has 0 aliphatic heterocycles. The van der Waals surface area contributed by atoms with Gasteiger partial charge in [-0.15, -0.1) is 0 Å². The predicted molar refractivity (Wildman–Crippen MR) is 83.3 cm³/mol. The summed E-state index contributed by atoms with van der Waals surface area (Å²) < 4.78 is 5.60. The minimum Gasteiger partial charge on any atom is -0.488 e. The molecule has 0 saturated heterocycles. The van der Waals surface area contributed by atoms with Gasteiger partial charge in [-0.25, -0.2) is 0 Å². The Balaban J connectivity index is 2.68. The summed E-state index contributed by atoms with van der Waals surface area (Å²) in [6.45, 7) is 7.63. The summed E-state index contributed by atoms with van der Waals surface area (Å²) in [6, 6.07) is 6.18. The second-order valence-electron chi connectivity index (χ2n) is 4.61. The van der Waals surface area contributed by atoms with E-state index in [1.54, 1.807) is 0 Å². The van der Waals surface area contributed by atoms with Crippen molar-refractivity contribution in [2.24, 2.45) is 0 Å². The van der Waals surface area contributed by atoms with E-state index in [4.69, 9.17) is 27.9 Å². The lowest BCUT2D eigenvalue weighted by molar-refractivity contribution is 0.352. The molecule has 0 bridgehead atoms. The van der Waals surface area contributed by atoms with Gasteiger partial charge in [-0.1, -0.05) is 36.2 Å². The highest BCUT2D eigenvalue weighted by Crippen LogP contribution is 2.28. The van der Waals surface area contributed by atoms with E-state index < -0.39 is 0 Å². The van der Waals surface area contributed by atoms with Gasteiger partial charge in [0, 0.05) is 11.6 Å². The lowest BCUT2D eigenvalue weighted by Crippen LogP contribution is -2.19. The largest absolute Gasteiger partial charge is 0.488 e. The van der Waals surface area contributed by atoms with Crippen LogP contribution in [0.4, 0.5) is 0 Å². The van der Waals surface area contributed by atoms with Crippen molar-refractivity contribution in [3.05, 3.63) is 39.9 Å². The molecule has 0 amide bonds. The molecule has 106 valence electrons. The van der Waals surface area contributed by atoms with Gasteiger partial charge in [0.25, 0.3) is 0 Å². The Labute approximate surface area is 125 Å². The molecule has 1 atom stereocenters. The Hall–Kier alpha value is -0.700. The van der Waals surface area contributed by atoms with Gasteiger partial charge in [0.1, 0.15) is 12.4 Å². The molecule has 0 spiro atoms. The van der Waals surface area contributed by atoms with Gasteiger partial charge in [-0.3, -0.25) is 0 Å². The molecule has 1 aromatic carbocycles. The molecule has 1 N–H and O–H groups in total. The summed E-state index contributed by atoms with van der Waals surface area (Å²) in [7, 11) is 0. The van der Waals surface area contributed by atoms with Crippen LogP contribution < -0.4 is 10.1 Å². The predicted octanol–water partition coefficient (Wildman–Crippen LogP) is 4.92. The number of ether oxygens (including phenoxy) is 1. The van der Waals surface area contributed by atoms with Gasteiger partial charge in [0.05, 0.1) is 5.02 Å². The molecule has 1 aromatic rings. The number of hydrogen-bond acceptors (Lipinski definition) is 2. The molecule has 0 fully saturated rings. The van der Waals surface area contributed by atoms with E-state index in [1.165, 1.54) is 5.54 Å². The number of benzene rings is 1. The lowest BCUT2D eigenvalue weighted by atomic mass is 10.1. The molecular weight excluding hydrogens is 281 g/mol. The van der Waals surface area contributed by atoms with Crippen LogP contribution in [0.15, 0.2) is 29.3 Å². The van der Waals surface area contributed by atoms with Crippen LogP contribution in [0.1, 0.15) is 38.8 Å². The molecule has 1 unspecified atom stereocenters. The van der Waals surface area contributed by atoms with Crippen LogP contribution in [0.25, 0.3) is 0 Å². The van der Waals surface area contributed by atoms with Crippen LogP contribution in [0.3, 0.4) is 0 Å². The maximum Gasteiger partial charge on any atom is 0.138 e. The lowest BCUT2D eigenvalue weighted by Gasteiger charge is -2.15. The van der Waals surface area contributed by atoms with Gasteiger partial charge in [-0.2, -0.15) is 0 Å². The number of hydrogen-bond donors (Lipinski definition) is 1. The molecule has 1 rings (SSSR count). The third kappa shape index (κ3) is 5.43. The summed E-state index contributed by atoms with van der Waals surface area (Å²) in [5.41, 5.74) is 3.63. The van der Waals surface area contributed by atoms with E-state index in [1.807, 2.05) is 25.1 Å². The summed E-state index contributed by atoms with van der Waals surface area (Å²) in [4.78, 5) is 0. The first-order valence-electron chi connectivity index (χ1n) is 6.50. The smallest absolute Gasteiger partial charge is 0.138 e. The maximum atomic E-state index is 6.23. The highest BCUT2D eigenvalue weighted by molar-refractivity contribution is 6.32. The second kappa shape index (κ2) is 8.47. The van der Waals surface area contributed by atoms with E-state index in [0.29, 0.717) is 17.4 Å². The van der Waals surface area contributed by atoms with Crippen molar-refractivity contribution >= 4 is 23.2 Å². The van der Waals surface area contributed by atoms with Crippen LogP contribution in [0.2, 0.25) is 5.02 Å². The van der Waals surface area contributed by atoms with Crippen LogP contribution in [-0.4, -0.2) is 13.2 Å². The topological polar surface area (TPSA) is 21.3 Å². The van der Waals surface area contributed by atoms with Gasteiger partial charge >= 0.3 is 0 Å². The Morgan fingerprint density at radius 2 is 2.21 bits per heavy atom. The van der Waals surface area contributed by atoms with Gasteiger partial charge < -0.3 is 10.1 Å². The fourth-order valence-corrected chi connectivity index (χ4v) is 1.91. The van der Waals surface area contributed by atoms with Crippen molar-refractivity contribution in [3.8, 4) is 5.75 Å². The van der Waals surface area contributed by atoms with Crippen molar-refractivity contribution in [2.75, 3.05) is 13.2 Å². The Kier molecular flexibility index (Phi) is 7.29. The zero-order valence-corrected chi connectivity index (χ0v) is 13.2. The van der Waals surface area contributed by atoms with Crippen LogP contribution >= 0.6 is 23.2 Å². The average Bonchev–Trinajstić information content (AvgIpc) is 2.42.